The zero-order valence-electron chi connectivity index (χ0n) is 9.87. The van der Waals surface area contributed by atoms with E-state index in [4.69, 9.17) is 5.11 Å². The van der Waals surface area contributed by atoms with Crippen LogP contribution in [-0.4, -0.2) is 22.9 Å². The van der Waals surface area contributed by atoms with Crippen LogP contribution in [0.2, 0.25) is 0 Å². The third kappa shape index (κ3) is 5.61. The summed E-state index contributed by atoms with van der Waals surface area (Å²) in [5.74, 6) is 1.57. The zero-order chi connectivity index (χ0) is 11.0. The Morgan fingerprint density at radius 3 is 2.14 bits per heavy atom. The molecule has 0 fully saturated rings. The summed E-state index contributed by atoms with van der Waals surface area (Å²) < 4.78 is 0. The van der Waals surface area contributed by atoms with Crippen LogP contribution in [0.25, 0.3) is 0 Å². The van der Waals surface area contributed by atoms with E-state index in [2.05, 4.69) is 20.8 Å². The fourth-order valence-corrected chi connectivity index (χ4v) is 1.93. The molecular weight excluding hydrogens is 176 g/mol. The smallest absolute Gasteiger partial charge is 0.0770 e. The van der Waals surface area contributed by atoms with E-state index in [0.717, 1.165) is 24.7 Å². The molecule has 14 heavy (non-hydrogen) atoms. The second kappa shape index (κ2) is 8.25. The van der Waals surface area contributed by atoms with Crippen molar-refractivity contribution in [2.24, 2.45) is 11.8 Å². The number of hydrogen-bond donors (Lipinski definition) is 2. The molecule has 3 atom stereocenters. The van der Waals surface area contributed by atoms with Gasteiger partial charge >= 0.3 is 0 Å². The average molecular weight is 202 g/mol. The monoisotopic (exact) mass is 202 g/mol. The molecule has 0 aromatic heterocycles. The Bertz CT molecular complexity index is 125. The topological polar surface area (TPSA) is 40.5 Å². The summed E-state index contributed by atoms with van der Waals surface area (Å²) in [7, 11) is 0. The molecule has 0 rings (SSSR count). The summed E-state index contributed by atoms with van der Waals surface area (Å²) in [6.07, 6.45) is 4.91. The van der Waals surface area contributed by atoms with Crippen LogP contribution in [0.3, 0.4) is 0 Å². The van der Waals surface area contributed by atoms with Crippen molar-refractivity contribution in [3.63, 3.8) is 0 Å². The molecule has 2 nitrogen and oxygen atoms in total. The van der Waals surface area contributed by atoms with Crippen LogP contribution in [-0.2, 0) is 0 Å². The van der Waals surface area contributed by atoms with E-state index in [9.17, 15) is 5.11 Å². The first-order valence-corrected chi connectivity index (χ1v) is 5.94. The van der Waals surface area contributed by atoms with Crippen molar-refractivity contribution >= 4 is 0 Å². The molecule has 0 aliphatic rings. The second-order valence-corrected chi connectivity index (χ2v) is 4.32. The Morgan fingerprint density at radius 1 is 1.07 bits per heavy atom. The summed E-state index contributed by atoms with van der Waals surface area (Å²) in [5.41, 5.74) is 0. The molecule has 0 spiro atoms. The molecule has 0 saturated heterocycles. The van der Waals surface area contributed by atoms with Gasteiger partial charge in [-0.15, -0.1) is 0 Å². The van der Waals surface area contributed by atoms with Gasteiger partial charge in [0.2, 0.25) is 0 Å². The van der Waals surface area contributed by atoms with Crippen molar-refractivity contribution in [2.75, 3.05) is 6.61 Å². The van der Waals surface area contributed by atoms with Gasteiger partial charge in [-0.25, -0.2) is 0 Å². The van der Waals surface area contributed by atoms with Crippen LogP contribution >= 0.6 is 0 Å². The molecule has 0 aromatic carbocycles. The first-order valence-electron chi connectivity index (χ1n) is 5.94. The first kappa shape index (κ1) is 13.9. The maximum atomic E-state index is 9.19. The lowest BCUT2D eigenvalue weighted by molar-refractivity contribution is 0.0840. The van der Waals surface area contributed by atoms with Gasteiger partial charge in [0.15, 0.2) is 0 Å². The van der Waals surface area contributed by atoms with E-state index >= 15 is 0 Å². The molecule has 3 unspecified atom stereocenters. The third-order valence-electron chi connectivity index (χ3n) is 3.30. The highest BCUT2D eigenvalue weighted by molar-refractivity contribution is 4.65. The molecule has 0 aliphatic heterocycles. The third-order valence-corrected chi connectivity index (χ3v) is 3.30. The number of aliphatic hydroxyl groups excluding tert-OH is 2. The standard InChI is InChI=1S/C12H26O2/c1-4-10(3)11(5-2)7-6-8-12(14)9-13/h10-14H,4-9H2,1-3H3. The van der Waals surface area contributed by atoms with Crippen LogP contribution in [0.1, 0.15) is 52.9 Å². The van der Waals surface area contributed by atoms with Crippen molar-refractivity contribution in [3.8, 4) is 0 Å². The Labute approximate surface area is 88.3 Å². The van der Waals surface area contributed by atoms with E-state index in [-0.39, 0.29) is 6.61 Å². The molecule has 0 saturated carbocycles. The van der Waals surface area contributed by atoms with Crippen molar-refractivity contribution < 1.29 is 10.2 Å². The van der Waals surface area contributed by atoms with Crippen molar-refractivity contribution in [1.29, 1.82) is 0 Å². The van der Waals surface area contributed by atoms with Gasteiger partial charge in [-0.3, -0.25) is 0 Å². The Balaban J connectivity index is 3.62. The molecule has 0 bridgehead atoms. The van der Waals surface area contributed by atoms with Crippen LogP contribution in [0.5, 0.6) is 0 Å². The molecule has 0 aromatic rings. The Morgan fingerprint density at radius 2 is 1.71 bits per heavy atom. The average Bonchev–Trinajstić information content (AvgIpc) is 2.22. The largest absolute Gasteiger partial charge is 0.394 e. The van der Waals surface area contributed by atoms with Crippen molar-refractivity contribution in [2.45, 2.75) is 59.0 Å². The lowest BCUT2D eigenvalue weighted by Crippen LogP contribution is -2.14. The minimum atomic E-state index is -0.510. The molecule has 0 radical (unpaired) electrons. The summed E-state index contributed by atoms with van der Waals surface area (Å²) in [6, 6.07) is 0. The lowest BCUT2D eigenvalue weighted by atomic mass is 9.85. The molecule has 86 valence electrons. The molecule has 2 N–H and O–H groups in total. The highest BCUT2D eigenvalue weighted by Crippen LogP contribution is 2.24. The highest BCUT2D eigenvalue weighted by Gasteiger charge is 2.13. The van der Waals surface area contributed by atoms with Crippen LogP contribution in [0.15, 0.2) is 0 Å². The summed E-state index contributed by atoms with van der Waals surface area (Å²) in [4.78, 5) is 0. The van der Waals surface area contributed by atoms with Gasteiger partial charge in [0, 0.05) is 0 Å². The van der Waals surface area contributed by atoms with Crippen LogP contribution < -0.4 is 0 Å². The fourth-order valence-electron chi connectivity index (χ4n) is 1.93. The number of aliphatic hydroxyl groups is 2. The SMILES string of the molecule is CCC(C)C(CC)CCCC(O)CO. The molecule has 0 aliphatic carbocycles. The lowest BCUT2D eigenvalue weighted by Gasteiger charge is -2.21. The first-order chi connectivity index (χ1) is 6.65. The van der Waals surface area contributed by atoms with E-state index < -0.39 is 6.10 Å². The minimum absolute atomic E-state index is 0.0971. The maximum absolute atomic E-state index is 9.19. The number of rotatable bonds is 8. The quantitative estimate of drug-likeness (QED) is 0.635. The van der Waals surface area contributed by atoms with E-state index in [0.29, 0.717) is 0 Å². The van der Waals surface area contributed by atoms with E-state index in [1.807, 2.05) is 0 Å². The predicted octanol–water partition coefficient (Wildman–Crippen LogP) is 2.58. The normalized spacial score (nSPS) is 17.8. The number of hydrogen-bond acceptors (Lipinski definition) is 2. The van der Waals surface area contributed by atoms with Crippen molar-refractivity contribution in [3.05, 3.63) is 0 Å². The molecule has 2 heteroatoms. The summed E-state index contributed by atoms with van der Waals surface area (Å²) >= 11 is 0. The zero-order valence-corrected chi connectivity index (χ0v) is 9.87. The van der Waals surface area contributed by atoms with Crippen LogP contribution in [0.4, 0.5) is 0 Å². The van der Waals surface area contributed by atoms with Crippen LogP contribution in [0, 0.1) is 11.8 Å². The van der Waals surface area contributed by atoms with E-state index in [1.54, 1.807) is 0 Å². The van der Waals surface area contributed by atoms with Gasteiger partial charge in [-0.2, -0.15) is 0 Å². The maximum Gasteiger partial charge on any atom is 0.0770 e. The van der Waals surface area contributed by atoms with Gasteiger partial charge in [0.1, 0.15) is 0 Å². The van der Waals surface area contributed by atoms with E-state index in [1.165, 1.54) is 19.3 Å². The highest BCUT2D eigenvalue weighted by atomic mass is 16.3. The second-order valence-electron chi connectivity index (χ2n) is 4.32. The van der Waals surface area contributed by atoms with Gasteiger partial charge in [0.25, 0.3) is 0 Å². The molecule has 0 heterocycles. The minimum Gasteiger partial charge on any atom is -0.394 e. The molecule has 0 amide bonds. The molecular formula is C12H26O2. The van der Waals surface area contributed by atoms with Gasteiger partial charge in [-0.05, 0) is 18.3 Å². The van der Waals surface area contributed by atoms with Gasteiger partial charge < -0.3 is 10.2 Å². The summed E-state index contributed by atoms with van der Waals surface area (Å²) in [5, 5.41) is 17.9. The Kier molecular flexibility index (Phi) is 8.20. The predicted molar refractivity (Wildman–Crippen MR) is 60.2 cm³/mol. The Hall–Kier alpha value is -0.0800. The fraction of sp³-hybridized carbons (Fsp3) is 1.00. The summed E-state index contributed by atoms with van der Waals surface area (Å²) in [6.45, 7) is 6.67. The van der Waals surface area contributed by atoms with Crippen molar-refractivity contribution in [1.82, 2.24) is 0 Å². The van der Waals surface area contributed by atoms with Gasteiger partial charge in [-0.1, -0.05) is 46.5 Å². The van der Waals surface area contributed by atoms with Gasteiger partial charge in [0.05, 0.1) is 12.7 Å².